The highest BCUT2D eigenvalue weighted by molar-refractivity contribution is 5.96. The fourth-order valence-corrected chi connectivity index (χ4v) is 3.14. The molecule has 1 N–H and O–H groups in total. The van der Waals surface area contributed by atoms with Crippen LogP contribution in [-0.4, -0.2) is 39.5 Å². The van der Waals surface area contributed by atoms with Crippen LogP contribution in [-0.2, 0) is 11.3 Å². The topological polar surface area (TPSA) is 62.5 Å². The largest absolute Gasteiger partial charge is 0.481 e. The van der Waals surface area contributed by atoms with E-state index in [-0.39, 0.29) is 24.8 Å². The predicted octanol–water partition coefficient (Wildman–Crippen LogP) is 3.73. The van der Waals surface area contributed by atoms with Gasteiger partial charge in [-0.05, 0) is 31.4 Å². The van der Waals surface area contributed by atoms with E-state index in [1.807, 2.05) is 52.0 Å². The number of carboxylic acid groups (broad SMARTS) is 1. The summed E-state index contributed by atoms with van der Waals surface area (Å²) in [7, 11) is 0. The highest BCUT2D eigenvalue weighted by Gasteiger charge is 2.22. The fourth-order valence-electron chi connectivity index (χ4n) is 3.14. The Kier molecular flexibility index (Phi) is 6.61. The molecule has 1 aromatic carbocycles. The molecule has 0 fully saturated rings. The second-order valence-electron chi connectivity index (χ2n) is 7.15. The minimum atomic E-state index is -0.888. The number of aliphatic carboxylic acids is 1. The second-order valence-corrected chi connectivity index (χ2v) is 7.15. The Morgan fingerprint density at radius 3 is 2.38 bits per heavy atom. The minimum absolute atomic E-state index is 0.0405. The summed E-state index contributed by atoms with van der Waals surface area (Å²) in [6.07, 6.45) is -0.0405. The average molecular weight is 356 g/mol. The average Bonchev–Trinajstić information content (AvgIpc) is 2.86. The van der Waals surface area contributed by atoms with Crippen molar-refractivity contribution in [2.45, 2.75) is 40.7 Å². The summed E-state index contributed by atoms with van der Waals surface area (Å²) in [5.74, 6) is -0.700. The summed E-state index contributed by atoms with van der Waals surface area (Å²) in [6, 6.07) is 12.0. The Morgan fingerprint density at radius 1 is 1.15 bits per heavy atom. The zero-order valence-electron chi connectivity index (χ0n) is 16.0. The van der Waals surface area contributed by atoms with Gasteiger partial charge in [-0.15, -0.1) is 0 Å². The van der Waals surface area contributed by atoms with Gasteiger partial charge in [0.15, 0.2) is 0 Å². The van der Waals surface area contributed by atoms with E-state index in [4.69, 9.17) is 5.11 Å². The molecule has 0 aliphatic rings. The Balaban J connectivity index is 2.26. The number of hydrogen-bond acceptors (Lipinski definition) is 2. The number of nitrogens with zero attached hydrogens (tertiary/aromatic N) is 2. The number of carbonyl (C=O) groups is 2. The van der Waals surface area contributed by atoms with Crippen LogP contribution >= 0.6 is 0 Å². The first-order valence-corrected chi connectivity index (χ1v) is 9.01. The van der Waals surface area contributed by atoms with Crippen molar-refractivity contribution in [1.29, 1.82) is 0 Å². The molecule has 1 heterocycles. The molecule has 0 saturated carbocycles. The Bertz CT molecular complexity index is 763. The van der Waals surface area contributed by atoms with Gasteiger partial charge in [0.05, 0.1) is 12.0 Å². The van der Waals surface area contributed by atoms with E-state index in [2.05, 4.69) is 16.7 Å². The molecule has 0 aliphatic heterocycles. The van der Waals surface area contributed by atoms with E-state index >= 15 is 0 Å². The van der Waals surface area contributed by atoms with Crippen molar-refractivity contribution in [3.8, 4) is 0 Å². The molecule has 0 unspecified atom stereocenters. The lowest BCUT2D eigenvalue weighted by Crippen LogP contribution is -2.36. The SMILES string of the molecule is Cc1cc(C(=O)N(CCC(=O)O)CC(C)C)c(C)n1Cc1ccccc1. The van der Waals surface area contributed by atoms with Gasteiger partial charge in [0.1, 0.15) is 0 Å². The van der Waals surface area contributed by atoms with Crippen molar-refractivity contribution in [3.05, 3.63) is 58.9 Å². The van der Waals surface area contributed by atoms with Crippen molar-refractivity contribution in [2.75, 3.05) is 13.1 Å². The lowest BCUT2D eigenvalue weighted by Gasteiger charge is -2.24. The molecule has 140 valence electrons. The smallest absolute Gasteiger partial charge is 0.305 e. The van der Waals surface area contributed by atoms with Gasteiger partial charge < -0.3 is 14.6 Å². The van der Waals surface area contributed by atoms with Crippen molar-refractivity contribution < 1.29 is 14.7 Å². The molecule has 0 spiro atoms. The van der Waals surface area contributed by atoms with Gasteiger partial charge in [0.2, 0.25) is 0 Å². The number of aromatic nitrogens is 1. The third kappa shape index (κ3) is 4.97. The number of benzene rings is 1. The molecule has 1 amide bonds. The molecule has 0 bridgehead atoms. The first-order valence-electron chi connectivity index (χ1n) is 9.01. The molecule has 1 aromatic heterocycles. The first-order chi connectivity index (χ1) is 12.3. The standard InChI is InChI=1S/C21H28N2O3/c1-15(2)13-22(11-10-20(24)25)21(26)19-12-16(3)23(17(19)4)14-18-8-6-5-7-9-18/h5-9,12,15H,10-11,13-14H2,1-4H3,(H,24,25). The summed E-state index contributed by atoms with van der Waals surface area (Å²) in [6.45, 7) is 9.50. The molecule has 0 saturated heterocycles. The number of aryl methyl sites for hydroxylation is 1. The molecule has 2 rings (SSSR count). The highest BCUT2D eigenvalue weighted by atomic mass is 16.4. The molecular formula is C21H28N2O3. The number of carbonyl (C=O) groups excluding carboxylic acids is 1. The van der Waals surface area contributed by atoms with Crippen LogP contribution in [0.5, 0.6) is 0 Å². The first kappa shape index (κ1) is 19.8. The maximum absolute atomic E-state index is 13.1. The fraction of sp³-hybridized carbons (Fsp3) is 0.429. The summed E-state index contributed by atoms with van der Waals surface area (Å²) < 4.78 is 2.13. The summed E-state index contributed by atoms with van der Waals surface area (Å²) in [4.78, 5) is 25.6. The van der Waals surface area contributed by atoms with Crippen molar-refractivity contribution in [2.24, 2.45) is 5.92 Å². The monoisotopic (exact) mass is 356 g/mol. The third-order valence-corrected chi connectivity index (χ3v) is 4.46. The van der Waals surface area contributed by atoms with Crippen LogP contribution in [0.2, 0.25) is 0 Å². The van der Waals surface area contributed by atoms with Crippen molar-refractivity contribution >= 4 is 11.9 Å². The summed E-state index contributed by atoms with van der Waals surface area (Å²) in [5.41, 5.74) is 3.78. The Labute approximate surface area is 155 Å². The van der Waals surface area contributed by atoms with Crippen molar-refractivity contribution in [1.82, 2.24) is 9.47 Å². The lowest BCUT2D eigenvalue weighted by molar-refractivity contribution is -0.137. The predicted molar refractivity (Wildman–Crippen MR) is 102 cm³/mol. The summed E-state index contributed by atoms with van der Waals surface area (Å²) >= 11 is 0. The van der Waals surface area contributed by atoms with Gasteiger partial charge in [-0.3, -0.25) is 9.59 Å². The van der Waals surface area contributed by atoms with Crippen LogP contribution in [0.15, 0.2) is 36.4 Å². The zero-order valence-corrected chi connectivity index (χ0v) is 16.0. The van der Waals surface area contributed by atoms with Crippen LogP contribution in [0.25, 0.3) is 0 Å². The van der Waals surface area contributed by atoms with Gasteiger partial charge >= 0.3 is 5.97 Å². The van der Waals surface area contributed by atoms with Crippen LogP contribution in [0.1, 0.15) is 47.6 Å². The van der Waals surface area contributed by atoms with Crippen LogP contribution in [0.4, 0.5) is 0 Å². The van der Waals surface area contributed by atoms with Crippen LogP contribution in [0, 0.1) is 19.8 Å². The van der Waals surface area contributed by atoms with Crippen LogP contribution in [0.3, 0.4) is 0 Å². The Morgan fingerprint density at radius 2 is 1.81 bits per heavy atom. The Hall–Kier alpha value is -2.56. The number of amides is 1. The van der Waals surface area contributed by atoms with E-state index < -0.39 is 5.97 Å². The van der Waals surface area contributed by atoms with Gasteiger partial charge in [0.25, 0.3) is 5.91 Å². The number of hydrogen-bond donors (Lipinski definition) is 1. The molecular weight excluding hydrogens is 328 g/mol. The van der Waals surface area contributed by atoms with Gasteiger partial charge in [-0.1, -0.05) is 44.2 Å². The maximum Gasteiger partial charge on any atom is 0.305 e. The van der Waals surface area contributed by atoms with Gasteiger partial charge in [-0.2, -0.15) is 0 Å². The molecule has 5 nitrogen and oxygen atoms in total. The van der Waals surface area contributed by atoms with E-state index in [0.29, 0.717) is 18.7 Å². The number of carboxylic acids is 1. The quantitative estimate of drug-likeness (QED) is 0.784. The minimum Gasteiger partial charge on any atom is -0.481 e. The van der Waals surface area contributed by atoms with E-state index in [9.17, 15) is 9.59 Å². The van der Waals surface area contributed by atoms with E-state index in [1.165, 1.54) is 5.56 Å². The molecule has 26 heavy (non-hydrogen) atoms. The molecule has 2 aromatic rings. The molecule has 0 atom stereocenters. The second kappa shape index (κ2) is 8.70. The highest BCUT2D eigenvalue weighted by Crippen LogP contribution is 2.20. The molecule has 0 aliphatic carbocycles. The third-order valence-electron chi connectivity index (χ3n) is 4.46. The number of rotatable bonds is 8. The van der Waals surface area contributed by atoms with Gasteiger partial charge in [0, 0.05) is 31.0 Å². The van der Waals surface area contributed by atoms with E-state index in [0.717, 1.165) is 11.4 Å². The molecule has 0 radical (unpaired) electrons. The lowest BCUT2D eigenvalue weighted by atomic mass is 10.1. The van der Waals surface area contributed by atoms with Gasteiger partial charge in [-0.25, -0.2) is 0 Å². The molecule has 5 heteroatoms. The normalized spacial score (nSPS) is 11.0. The van der Waals surface area contributed by atoms with E-state index in [1.54, 1.807) is 4.90 Å². The van der Waals surface area contributed by atoms with Crippen LogP contribution < -0.4 is 0 Å². The maximum atomic E-state index is 13.1. The summed E-state index contributed by atoms with van der Waals surface area (Å²) in [5, 5.41) is 8.97. The zero-order chi connectivity index (χ0) is 19.3. The van der Waals surface area contributed by atoms with Crippen molar-refractivity contribution in [3.63, 3.8) is 0 Å².